The molecule has 1 N–H and O–H groups in total. The van der Waals surface area contributed by atoms with Gasteiger partial charge in [0.15, 0.2) is 5.54 Å². The van der Waals surface area contributed by atoms with E-state index in [0.29, 0.717) is 17.0 Å². The molecule has 0 aromatic heterocycles. The molecule has 33 heavy (non-hydrogen) atoms. The number of benzene rings is 2. The Balaban J connectivity index is 2.03. The number of methoxy groups -OCH3 is 2. The van der Waals surface area contributed by atoms with Gasteiger partial charge in [0.2, 0.25) is 0 Å². The van der Waals surface area contributed by atoms with Gasteiger partial charge in [-0.15, -0.1) is 6.58 Å². The highest BCUT2D eigenvalue weighted by molar-refractivity contribution is 6.50. The second kappa shape index (κ2) is 8.55. The lowest BCUT2D eigenvalue weighted by molar-refractivity contribution is -0.144. The summed E-state index contributed by atoms with van der Waals surface area (Å²) in [6, 6.07) is 13.3. The minimum Gasteiger partial charge on any atom is -0.507 e. The minimum atomic E-state index is -1.81. The molecule has 4 rings (SSSR count). The van der Waals surface area contributed by atoms with Gasteiger partial charge < -0.3 is 24.4 Å². The Hall–Kier alpha value is -3.91. The first-order chi connectivity index (χ1) is 15.9. The maximum absolute atomic E-state index is 14.0. The van der Waals surface area contributed by atoms with E-state index in [-0.39, 0.29) is 30.8 Å². The number of ketones is 1. The first-order valence-corrected chi connectivity index (χ1v) is 10.4. The summed E-state index contributed by atoms with van der Waals surface area (Å²) in [5.41, 5.74) is -0.796. The lowest BCUT2D eigenvalue weighted by atomic mass is 9.82. The Bertz CT molecular complexity index is 1170. The molecule has 2 heterocycles. The number of nitrogens with zero attached hydrogens (tertiary/aromatic N) is 2. The third-order valence-corrected chi connectivity index (χ3v) is 6.00. The van der Waals surface area contributed by atoms with Crippen molar-refractivity contribution in [1.82, 2.24) is 4.90 Å². The molecule has 2 aliphatic heterocycles. The summed E-state index contributed by atoms with van der Waals surface area (Å²) < 4.78 is 10.3. The number of aliphatic hydroxyl groups is 1. The minimum absolute atomic E-state index is 0.0114. The van der Waals surface area contributed by atoms with Gasteiger partial charge in [0.1, 0.15) is 11.5 Å². The summed E-state index contributed by atoms with van der Waals surface area (Å²) in [4.78, 5) is 43.2. The number of fused-ring (bicyclic) bond motifs is 2. The van der Waals surface area contributed by atoms with Crippen molar-refractivity contribution >= 4 is 29.0 Å². The number of ether oxygens (including phenoxy) is 2. The fourth-order valence-corrected chi connectivity index (χ4v) is 4.55. The number of carbonyl (C=O) groups is 3. The molecule has 0 saturated carbocycles. The maximum atomic E-state index is 14.0. The zero-order valence-corrected chi connectivity index (χ0v) is 18.4. The van der Waals surface area contributed by atoms with Crippen LogP contribution >= 0.6 is 0 Å². The summed E-state index contributed by atoms with van der Waals surface area (Å²) in [6.07, 6.45) is 1.57. The van der Waals surface area contributed by atoms with Crippen LogP contribution < -0.4 is 9.64 Å². The Labute approximate surface area is 191 Å². The van der Waals surface area contributed by atoms with Gasteiger partial charge in [-0.25, -0.2) is 0 Å². The van der Waals surface area contributed by atoms with Crippen molar-refractivity contribution in [3.8, 4) is 5.75 Å². The smallest absolute Gasteiger partial charge is 0.296 e. The van der Waals surface area contributed by atoms with E-state index in [9.17, 15) is 19.5 Å². The molecule has 2 aliphatic rings. The molecule has 0 bridgehead atoms. The number of para-hydroxylation sites is 1. The summed E-state index contributed by atoms with van der Waals surface area (Å²) in [5.74, 6) is -2.18. The Morgan fingerprint density at radius 1 is 1.09 bits per heavy atom. The molecule has 0 aliphatic carbocycles. The fraction of sp³-hybridized carbons (Fsp3) is 0.240. The van der Waals surface area contributed by atoms with Gasteiger partial charge >= 0.3 is 0 Å². The number of aliphatic hydroxyl groups excluding tert-OH is 1. The second-order valence-corrected chi connectivity index (χ2v) is 7.66. The normalized spacial score (nSPS) is 21.1. The van der Waals surface area contributed by atoms with E-state index in [0.717, 1.165) is 0 Å². The highest BCUT2D eigenvalue weighted by Crippen LogP contribution is 2.53. The summed E-state index contributed by atoms with van der Waals surface area (Å²) >= 11 is 0. The highest BCUT2D eigenvalue weighted by Gasteiger charge is 2.66. The Morgan fingerprint density at radius 3 is 2.42 bits per heavy atom. The van der Waals surface area contributed by atoms with Crippen LogP contribution in [0.1, 0.15) is 11.1 Å². The molecule has 2 amide bonds. The molecule has 8 heteroatoms. The van der Waals surface area contributed by atoms with Crippen LogP contribution in [0.15, 0.2) is 66.8 Å². The summed E-state index contributed by atoms with van der Waals surface area (Å²) in [5, 5.41) is 11.3. The van der Waals surface area contributed by atoms with E-state index in [2.05, 4.69) is 6.58 Å². The third kappa shape index (κ3) is 3.14. The van der Waals surface area contributed by atoms with E-state index >= 15 is 0 Å². The van der Waals surface area contributed by atoms with Crippen molar-refractivity contribution in [1.29, 1.82) is 0 Å². The van der Waals surface area contributed by atoms with E-state index < -0.39 is 28.9 Å². The van der Waals surface area contributed by atoms with Gasteiger partial charge in [0, 0.05) is 31.3 Å². The fourth-order valence-electron chi connectivity index (χ4n) is 4.55. The Morgan fingerprint density at radius 2 is 1.79 bits per heavy atom. The Kier molecular flexibility index (Phi) is 5.78. The number of anilines is 1. The van der Waals surface area contributed by atoms with Gasteiger partial charge in [0.25, 0.3) is 17.6 Å². The first-order valence-electron chi connectivity index (χ1n) is 10.4. The zero-order valence-electron chi connectivity index (χ0n) is 18.4. The lowest BCUT2D eigenvalue weighted by Crippen LogP contribution is -2.52. The monoisotopic (exact) mass is 448 g/mol. The van der Waals surface area contributed by atoms with Gasteiger partial charge in [-0.2, -0.15) is 0 Å². The van der Waals surface area contributed by atoms with Crippen molar-refractivity contribution in [3.63, 3.8) is 0 Å². The predicted molar refractivity (Wildman–Crippen MR) is 122 cm³/mol. The third-order valence-electron chi connectivity index (χ3n) is 6.00. The predicted octanol–water partition coefficient (Wildman–Crippen LogP) is 2.45. The van der Waals surface area contributed by atoms with Gasteiger partial charge in [-0.05, 0) is 30.3 Å². The zero-order chi connectivity index (χ0) is 23.8. The van der Waals surface area contributed by atoms with Crippen molar-refractivity contribution < 1.29 is 29.0 Å². The molecule has 8 nitrogen and oxygen atoms in total. The maximum Gasteiger partial charge on any atom is 0.296 e. The van der Waals surface area contributed by atoms with E-state index in [1.54, 1.807) is 54.6 Å². The number of hydrogen-bond donors (Lipinski definition) is 1. The molecular weight excluding hydrogens is 424 g/mol. The van der Waals surface area contributed by atoms with E-state index in [1.165, 1.54) is 24.0 Å². The molecule has 2 aromatic rings. The molecule has 170 valence electrons. The molecule has 1 atom stereocenters. The standard InChI is InChI=1S/C25H24N2O6/c1-4-13-26-19-8-6-5-7-18(19)25(24(26)31)20(22(29)23(30)27(25)14-15-32-2)21(28)16-9-11-17(33-3)12-10-16/h4-12,28H,1,13-15H2,2-3H3/b21-20+. The van der Waals surface area contributed by atoms with E-state index in [4.69, 9.17) is 9.47 Å². The number of rotatable bonds is 7. The van der Waals surface area contributed by atoms with Crippen molar-refractivity contribution in [2.45, 2.75) is 5.54 Å². The molecule has 1 saturated heterocycles. The number of Topliss-reactive ketones (excluding diaryl/α,β-unsaturated/α-hetero) is 1. The average Bonchev–Trinajstić information content (AvgIpc) is 3.21. The first kappa shape index (κ1) is 22.3. The topological polar surface area (TPSA) is 96.4 Å². The number of carbonyl (C=O) groups excluding carboxylic acids is 3. The van der Waals surface area contributed by atoms with Gasteiger partial charge in [-0.3, -0.25) is 14.4 Å². The molecule has 0 radical (unpaired) electrons. The van der Waals surface area contributed by atoms with Crippen LogP contribution in [0.4, 0.5) is 5.69 Å². The van der Waals surface area contributed by atoms with Crippen molar-refractivity contribution in [3.05, 3.63) is 77.9 Å². The van der Waals surface area contributed by atoms with Gasteiger partial charge in [-0.1, -0.05) is 24.3 Å². The number of amides is 2. The molecular formula is C25H24N2O6. The number of likely N-dealkylation sites (tertiary alicyclic amines) is 1. The number of hydrogen-bond acceptors (Lipinski definition) is 6. The van der Waals surface area contributed by atoms with Crippen LogP contribution in [0.3, 0.4) is 0 Å². The van der Waals surface area contributed by atoms with Crippen molar-refractivity contribution in [2.24, 2.45) is 0 Å². The molecule has 1 unspecified atom stereocenters. The van der Waals surface area contributed by atoms with Crippen LogP contribution in [0.25, 0.3) is 5.76 Å². The quantitative estimate of drug-likeness (QED) is 0.303. The SMILES string of the molecule is C=CCN1C(=O)C2(/C(=C(/O)c3ccc(OC)cc3)C(=O)C(=O)N2CCOC)c2ccccc21. The van der Waals surface area contributed by atoms with Crippen molar-refractivity contribution in [2.75, 3.05) is 38.8 Å². The van der Waals surface area contributed by atoms with Crippen LogP contribution in [0, 0.1) is 0 Å². The second-order valence-electron chi connectivity index (χ2n) is 7.66. The van der Waals surface area contributed by atoms with Crippen LogP contribution in [-0.4, -0.2) is 61.5 Å². The van der Waals surface area contributed by atoms with Crippen LogP contribution in [-0.2, 0) is 24.7 Å². The summed E-state index contributed by atoms with van der Waals surface area (Å²) in [6.45, 7) is 4.00. The molecule has 1 fully saturated rings. The van der Waals surface area contributed by atoms with Crippen LogP contribution in [0.2, 0.25) is 0 Å². The van der Waals surface area contributed by atoms with Crippen LogP contribution in [0.5, 0.6) is 5.75 Å². The average molecular weight is 448 g/mol. The largest absolute Gasteiger partial charge is 0.507 e. The summed E-state index contributed by atoms with van der Waals surface area (Å²) in [7, 11) is 2.98. The highest BCUT2D eigenvalue weighted by atomic mass is 16.5. The van der Waals surface area contributed by atoms with Gasteiger partial charge in [0.05, 0.1) is 25.0 Å². The lowest BCUT2D eigenvalue weighted by Gasteiger charge is -2.34. The molecule has 2 aromatic carbocycles. The molecule has 1 spiro atoms. The van der Waals surface area contributed by atoms with E-state index in [1.807, 2.05) is 0 Å².